The third kappa shape index (κ3) is 9.34. The van der Waals surface area contributed by atoms with Gasteiger partial charge >= 0.3 is 30.2 Å². The van der Waals surface area contributed by atoms with Crippen molar-refractivity contribution in [1.82, 2.24) is 0 Å². The van der Waals surface area contributed by atoms with Crippen LogP contribution in [0.1, 0.15) is 87.5 Å². The summed E-state index contributed by atoms with van der Waals surface area (Å²) >= 11 is 1.58. The molecule has 0 N–H and O–H groups in total. The molecular weight excluding hydrogens is 767 g/mol. The summed E-state index contributed by atoms with van der Waals surface area (Å²) in [4.78, 5) is 0. The summed E-state index contributed by atoms with van der Waals surface area (Å²) in [5, 5.41) is 0. The van der Waals surface area contributed by atoms with Crippen molar-refractivity contribution in [3.63, 3.8) is 0 Å². The quantitative estimate of drug-likeness (QED) is 0.142. The molecule has 4 aliphatic carbocycles. The van der Waals surface area contributed by atoms with Gasteiger partial charge in [-0.05, 0) is 46.9 Å². The molecule has 4 heteroatoms. The van der Waals surface area contributed by atoms with Crippen molar-refractivity contribution >= 4 is 31.7 Å². The van der Waals surface area contributed by atoms with Crippen LogP contribution in [0.4, 0.5) is 0 Å². The van der Waals surface area contributed by atoms with Crippen LogP contribution >= 0.6 is 24.8 Å². The topological polar surface area (TPSA) is 0 Å². The molecule has 4 atom stereocenters. The maximum absolute atomic E-state index is 2.52. The first-order valence-electron chi connectivity index (χ1n) is 18.3. The molecule has 2 saturated carbocycles. The second kappa shape index (κ2) is 21.6. The van der Waals surface area contributed by atoms with Gasteiger partial charge in [-0.2, -0.15) is 0 Å². The Morgan fingerprint density at radius 3 is 1.04 bits per heavy atom. The summed E-state index contributed by atoms with van der Waals surface area (Å²) in [6, 6.07) is 45.0. The number of fused-ring (bicyclic) bond motifs is 2. The summed E-state index contributed by atoms with van der Waals surface area (Å²) in [7, 11) is 0. The Morgan fingerprint density at radius 1 is 0.500 bits per heavy atom. The van der Waals surface area contributed by atoms with Crippen LogP contribution < -0.4 is 0 Å². The Hall–Kier alpha value is -2.22. The maximum atomic E-state index is 2.52. The molecule has 0 spiro atoms. The van der Waals surface area contributed by atoms with Gasteiger partial charge in [-0.15, -0.1) is 37.7 Å². The number of halogens is 2. The van der Waals surface area contributed by atoms with Gasteiger partial charge in [0, 0.05) is 10.8 Å². The van der Waals surface area contributed by atoms with Gasteiger partial charge in [0.05, 0.1) is 0 Å². The van der Waals surface area contributed by atoms with Crippen LogP contribution in [0, 0.1) is 51.4 Å². The second-order valence-corrected chi connectivity index (χ2v) is 14.5. The van der Waals surface area contributed by atoms with Crippen molar-refractivity contribution in [2.75, 3.05) is 0 Å². The van der Waals surface area contributed by atoms with E-state index in [1.807, 2.05) is 6.88 Å². The fourth-order valence-electron chi connectivity index (χ4n) is 9.74. The van der Waals surface area contributed by atoms with E-state index in [2.05, 4.69) is 160 Å². The van der Waals surface area contributed by atoms with E-state index in [9.17, 15) is 0 Å². The zero-order valence-corrected chi connectivity index (χ0v) is 37.4. The van der Waals surface area contributed by atoms with Gasteiger partial charge in [-0.3, -0.25) is 0 Å². The number of hydrogen-bond acceptors (Lipinski definition) is 0. The number of hydrogen-bond donors (Lipinski definition) is 0. The van der Waals surface area contributed by atoms with Crippen LogP contribution in [0.2, 0.25) is 0 Å². The Balaban J connectivity index is 0.000000320. The minimum atomic E-state index is 0. The normalized spacial score (nSPS) is 22.9. The SMILES string of the molecule is CC1[CH-]C2=CCCCC(c3ccccc3)(c3ccccc3)C2C1.CC1[CH-]C2=CCCCC(c3ccccc3)(c3ccccc3)C2C1.Cl.Cl.[CH3-].[CH3-].[SiH2]=[Zr]. The van der Waals surface area contributed by atoms with E-state index in [1.165, 1.54) is 73.6 Å². The van der Waals surface area contributed by atoms with Gasteiger partial charge in [0.15, 0.2) is 0 Å². The number of allylic oxidation sites excluding steroid dienone is 4. The fourth-order valence-corrected chi connectivity index (χ4v) is 9.74. The first-order chi connectivity index (χ1) is 23.6. The predicted molar refractivity (Wildman–Crippen MR) is 230 cm³/mol. The van der Waals surface area contributed by atoms with E-state index >= 15 is 0 Å². The molecular formula is C48H60Cl2SiZr-4. The van der Waals surface area contributed by atoms with Crippen LogP contribution in [-0.4, -0.2) is 6.88 Å². The van der Waals surface area contributed by atoms with Crippen molar-refractivity contribution in [1.29, 1.82) is 0 Å². The van der Waals surface area contributed by atoms with Gasteiger partial charge in [0.2, 0.25) is 0 Å². The van der Waals surface area contributed by atoms with Gasteiger partial charge in [-0.1, -0.05) is 173 Å². The monoisotopic (exact) mass is 824 g/mol. The number of rotatable bonds is 4. The minimum absolute atomic E-state index is 0. The Bertz CT molecular complexity index is 1450. The Morgan fingerprint density at radius 2 is 0.769 bits per heavy atom. The fraction of sp³-hybridized carbons (Fsp3) is 0.333. The molecule has 0 heterocycles. The molecule has 4 aromatic carbocycles. The first-order valence-corrected chi connectivity index (χ1v) is 24.2. The standard InChI is InChI=1S/2C23H25.2CH3.2ClH.H2Si.Zr/c2*1-18-16-19-10-8-9-15-23(22(19)17-18,20-11-4-2-5-12-20)21-13-6-3-7-14-21;;;;;;/h2*2-7,10-14,16,18,22H,8-9,15,17H2,1H3;2*1H3;2*1H;1H2;/q4*-1;;;;. The molecule has 0 saturated heterocycles. The van der Waals surface area contributed by atoms with Crippen LogP contribution in [0.15, 0.2) is 145 Å². The van der Waals surface area contributed by atoms with Crippen molar-refractivity contribution in [2.24, 2.45) is 23.7 Å². The molecule has 0 radical (unpaired) electrons. The van der Waals surface area contributed by atoms with Crippen LogP contribution in [0.25, 0.3) is 0 Å². The molecule has 278 valence electrons. The molecule has 4 aliphatic rings. The second-order valence-electron chi connectivity index (χ2n) is 14.5. The van der Waals surface area contributed by atoms with Crippen molar-refractivity contribution in [3.8, 4) is 0 Å². The van der Waals surface area contributed by atoms with Crippen molar-refractivity contribution < 1.29 is 23.3 Å². The summed E-state index contributed by atoms with van der Waals surface area (Å²) in [5.41, 5.74) is 9.43. The van der Waals surface area contributed by atoms with E-state index in [0.29, 0.717) is 23.7 Å². The zero-order valence-electron chi connectivity index (χ0n) is 31.8. The summed E-state index contributed by atoms with van der Waals surface area (Å²) in [6.45, 7) is 6.69. The number of benzene rings is 4. The molecule has 4 unspecified atom stereocenters. The Labute approximate surface area is 346 Å². The van der Waals surface area contributed by atoms with Gasteiger partial charge in [0.1, 0.15) is 0 Å². The summed E-state index contributed by atoms with van der Waals surface area (Å²) in [6.07, 6.45) is 20.1. The van der Waals surface area contributed by atoms with E-state index in [-0.39, 0.29) is 50.5 Å². The summed E-state index contributed by atoms with van der Waals surface area (Å²) < 4.78 is 0. The van der Waals surface area contributed by atoms with Gasteiger partial charge in [-0.25, -0.2) is 36.1 Å². The molecule has 0 aromatic heterocycles. The molecule has 8 rings (SSSR count). The third-order valence-electron chi connectivity index (χ3n) is 11.6. The average Bonchev–Trinajstić information content (AvgIpc) is 3.60. The van der Waals surface area contributed by atoms with Gasteiger partial charge < -0.3 is 14.9 Å². The van der Waals surface area contributed by atoms with Crippen LogP contribution in [0.3, 0.4) is 0 Å². The van der Waals surface area contributed by atoms with Crippen LogP contribution in [-0.2, 0) is 34.2 Å². The van der Waals surface area contributed by atoms with E-state index in [1.54, 1.807) is 34.5 Å². The zero-order chi connectivity index (χ0) is 33.4. The molecule has 0 bridgehead atoms. The molecule has 52 heavy (non-hydrogen) atoms. The average molecular weight is 827 g/mol. The summed E-state index contributed by atoms with van der Waals surface area (Å²) in [5.74, 6) is 2.61. The molecule has 0 amide bonds. The van der Waals surface area contributed by atoms with Crippen LogP contribution in [0.5, 0.6) is 0 Å². The predicted octanol–water partition coefficient (Wildman–Crippen LogP) is 12.7. The molecule has 2 fully saturated rings. The van der Waals surface area contributed by atoms with Crippen molar-refractivity contribution in [2.45, 2.75) is 76.0 Å². The van der Waals surface area contributed by atoms with Gasteiger partial charge in [0.25, 0.3) is 0 Å². The third-order valence-corrected chi connectivity index (χ3v) is 11.6. The molecule has 0 aliphatic heterocycles. The Kier molecular flexibility index (Phi) is 19.1. The molecule has 4 aromatic rings. The van der Waals surface area contributed by atoms with E-state index in [4.69, 9.17) is 0 Å². The van der Waals surface area contributed by atoms with E-state index in [0.717, 1.165) is 0 Å². The van der Waals surface area contributed by atoms with Crippen molar-refractivity contribution in [3.05, 3.63) is 195 Å². The van der Waals surface area contributed by atoms with E-state index < -0.39 is 0 Å². The first kappa shape index (κ1) is 45.9. The molecule has 0 nitrogen and oxygen atoms in total.